The Labute approximate surface area is 144 Å². The van der Waals surface area contributed by atoms with Crippen molar-refractivity contribution in [1.82, 2.24) is 0 Å². The van der Waals surface area contributed by atoms with Gasteiger partial charge in [-0.15, -0.1) is 0 Å². The summed E-state index contributed by atoms with van der Waals surface area (Å²) in [6.07, 6.45) is 1.54. The third-order valence-electron chi connectivity index (χ3n) is 3.75. The van der Waals surface area contributed by atoms with Gasteiger partial charge in [-0.2, -0.15) is 0 Å². The Morgan fingerprint density at radius 2 is 1.71 bits per heavy atom. The lowest BCUT2D eigenvalue weighted by atomic mass is 10.1. The molecule has 1 aliphatic carbocycles. The van der Waals surface area contributed by atoms with Gasteiger partial charge in [-0.25, -0.2) is 0 Å². The van der Waals surface area contributed by atoms with Gasteiger partial charge >= 0.3 is 0 Å². The number of carbonyl (C=O) groups is 2. The quantitative estimate of drug-likeness (QED) is 0.617. The number of carbonyl (C=O) groups excluding carboxylic acids is 2. The van der Waals surface area contributed by atoms with Gasteiger partial charge in [0.2, 0.25) is 0 Å². The van der Waals surface area contributed by atoms with Gasteiger partial charge in [0.1, 0.15) is 0 Å². The van der Waals surface area contributed by atoms with Gasteiger partial charge < -0.3 is 9.47 Å². The smallest absolute Gasteiger partial charge is 0.197 e. The van der Waals surface area contributed by atoms with Crippen LogP contribution in [0.1, 0.15) is 33.2 Å². The highest BCUT2D eigenvalue weighted by Crippen LogP contribution is 2.37. The van der Waals surface area contributed by atoms with E-state index in [1.807, 2.05) is 6.92 Å². The summed E-state index contributed by atoms with van der Waals surface area (Å²) < 4.78 is 10.8. The average molecular weight is 343 g/mol. The Balaban J connectivity index is 2.07. The van der Waals surface area contributed by atoms with Crippen molar-refractivity contribution in [3.63, 3.8) is 0 Å². The summed E-state index contributed by atoms with van der Waals surface area (Å²) in [5.41, 5.74) is 1.59. The van der Waals surface area contributed by atoms with Crippen molar-refractivity contribution in [2.75, 3.05) is 13.7 Å². The normalized spacial score (nSPS) is 13.0. The third-order valence-corrected chi connectivity index (χ3v) is 4.03. The topological polar surface area (TPSA) is 52.6 Å². The number of rotatable bonds is 4. The maximum absolute atomic E-state index is 12.5. The van der Waals surface area contributed by atoms with Crippen LogP contribution in [0.15, 0.2) is 42.0 Å². The van der Waals surface area contributed by atoms with E-state index in [0.717, 1.165) is 0 Å². The summed E-state index contributed by atoms with van der Waals surface area (Å²) in [7, 11) is 1.50. The Kier molecular flexibility index (Phi) is 4.40. The van der Waals surface area contributed by atoms with E-state index in [9.17, 15) is 9.59 Å². The molecule has 1 aliphatic rings. The van der Waals surface area contributed by atoms with E-state index in [1.54, 1.807) is 42.5 Å². The Morgan fingerprint density at radius 3 is 2.25 bits per heavy atom. The van der Waals surface area contributed by atoms with Gasteiger partial charge in [0, 0.05) is 11.1 Å². The minimum Gasteiger partial charge on any atom is -0.491 e. The summed E-state index contributed by atoms with van der Waals surface area (Å²) >= 11 is 6.21. The lowest BCUT2D eigenvalue weighted by Gasteiger charge is -2.12. The molecule has 0 atom stereocenters. The van der Waals surface area contributed by atoms with Crippen molar-refractivity contribution in [2.24, 2.45) is 0 Å². The van der Waals surface area contributed by atoms with E-state index >= 15 is 0 Å². The number of Topliss-reactive ketones (excluding diaryl/α,β-unsaturated/α-hetero) is 2. The molecule has 122 valence electrons. The highest BCUT2D eigenvalue weighted by Gasteiger charge is 2.32. The fourth-order valence-corrected chi connectivity index (χ4v) is 3.00. The van der Waals surface area contributed by atoms with Gasteiger partial charge in [-0.3, -0.25) is 9.59 Å². The van der Waals surface area contributed by atoms with Gasteiger partial charge in [0.25, 0.3) is 0 Å². The molecule has 0 amide bonds. The first-order chi connectivity index (χ1) is 11.6. The van der Waals surface area contributed by atoms with Crippen molar-refractivity contribution in [2.45, 2.75) is 6.92 Å². The highest BCUT2D eigenvalue weighted by molar-refractivity contribution is 6.41. The Bertz CT molecular complexity index is 831. The average Bonchev–Trinajstić information content (AvgIpc) is 2.81. The van der Waals surface area contributed by atoms with Crippen molar-refractivity contribution in [1.29, 1.82) is 0 Å². The van der Waals surface area contributed by atoms with E-state index < -0.39 is 0 Å². The maximum Gasteiger partial charge on any atom is 0.197 e. The largest absolute Gasteiger partial charge is 0.491 e. The number of fused-ring (bicyclic) bond motifs is 1. The number of benzene rings is 2. The monoisotopic (exact) mass is 342 g/mol. The zero-order chi connectivity index (χ0) is 17.3. The molecule has 5 heteroatoms. The molecule has 0 N–H and O–H groups in total. The van der Waals surface area contributed by atoms with Gasteiger partial charge in [-0.05, 0) is 30.7 Å². The minimum atomic E-state index is -0.277. The fraction of sp³-hybridized carbons (Fsp3) is 0.158. The van der Waals surface area contributed by atoms with Crippen molar-refractivity contribution in [3.8, 4) is 11.5 Å². The number of hydrogen-bond acceptors (Lipinski definition) is 4. The molecule has 0 bridgehead atoms. The molecule has 0 spiro atoms. The Hall–Kier alpha value is -2.59. The van der Waals surface area contributed by atoms with Crippen LogP contribution in [-0.4, -0.2) is 25.3 Å². The molecule has 0 saturated heterocycles. The summed E-state index contributed by atoms with van der Waals surface area (Å²) in [6.45, 7) is 2.29. The molecule has 3 rings (SSSR count). The van der Waals surface area contributed by atoms with Crippen molar-refractivity contribution >= 4 is 29.2 Å². The predicted molar refractivity (Wildman–Crippen MR) is 92.3 cm³/mol. The lowest BCUT2D eigenvalue weighted by molar-refractivity contribution is 0.0990. The standard InChI is InChI=1S/C19H15ClO4/c1-3-24-16-10-11(9-15(20)19(16)23-2)8-14-17(21)12-6-4-5-7-13(12)18(14)22/h4-10H,3H2,1-2H3. The molecule has 0 fully saturated rings. The van der Waals surface area contributed by atoms with Crippen LogP contribution in [0.4, 0.5) is 0 Å². The summed E-state index contributed by atoms with van der Waals surface area (Å²) in [5.74, 6) is 0.337. The van der Waals surface area contributed by atoms with Gasteiger partial charge in [-0.1, -0.05) is 35.9 Å². The summed E-state index contributed by atoms with van der Waals surface area (Å²) in [4.78, 5) is 24.9. The number of ketones is 2. The first-order valence-electron chi connectivity index (χ1n) is 7.47. The predicted octanol–water partition coefficient (Wildman–Crippen LogP) is 4.21. The van der Waals surface area contributed by atoms with E-state index in [0.29, 0.717) is 39.8 Å². The van der Waals surface area contributed by atoms with Crippen LogP contribution in [0.25, 0.3) is 6.08 Å². The fourth-order valence-electron chi connectivity index (χ4n) is 2.70. The molecule has 2 aromatic carbocycles. The summed E-state index contributed by atoms with van der Waals surface area (Å²) in [6, 6.07) is 10.1. The molecule has 0 unspecified atom stereocenters. The molecule has 0 saturated carbocycles. The number of hydrogen-bond donors (Lipinski definition) is 0. The highest BCUT2D eigenvalue weighted by atomic mass is 35.5. The molecule has 24 heavy (non-hydrogen) atoms. The van der Waals surface area contributed by atoms with E-state index in [1.165, 1.54) is 7.11 Å². The SMILES string of the molecule is CCOc1cc(C=C2C(=O)c3ccccc3C2=O)cc(Cl)c1OC. The number of halogens is 1. The van der Waals surface area contributed by atoms with Crippen LogP contribution in [0.2, 0.25) is 5.02 Å². The van der Waals surface area contributed by atoms with Crippen molar-refractivity contribution in [3.05, 3.63) is 63.7 Å². The Morgan fingerprint density at radius 1 is 1.08 bits per heavy atom. The van der Waals surface area contributed by atoms with E-state index in [-0.39, 0.29) is 17.1 Å². The first-order valence-corrected chi connectivity index (χ1v) is 7.85. The van der Waals surface area contributed by atoms with Crippen LogP contribution < -0.4 is 9.47 Å². The van der Waals surface area contributed by atoms with Gasteiger partial charge in [0.15, 0.2) is 23.1 Å². The van der Waals surface area contributed by atoms with Gasteiger partial charge in [0.05, 0.1) is 24.3 Å². The molecule has 0 aromatic heterocycles. The minimum absolute atomic E-state index is 0.125. The molecule has 0 heterocycles. The zero-order valence-corrected chi connectivity index (χ0v) is 14.0. The van der Waals surface area contributed by atoms with Crippen LogP contribution in [0.5, 0.6) is 11.5 Å². The summed E-state index contributed by atoms with van der Waals surface area (Å²) in [5, 5.41) is 0.353. The maximum atomic E-state index is 12.5. The van der Waals surface area contributed by atoms with Crippen LogP contribution in [-0.2, 0) is 0 Å². The van der Waals surface area contributed by atoms with Crippen LogP contribution in [0.3, 0.4) is 0 Å². The van der Waals surface area contributed by atoms with E-state index in [4.69, 9.17) is 21.1 Å². The second-order valence-electron chi connectivity index (χ2n) is 5.23. The van der Waals surface area contributed by atoms with Crippen LogP contribution >= 0.6 is 11.6 Å². The molecule has 0 aliphatic heterocycles. The molecule has 4 nitrogen and oxygen atoms in total. The van der Waals surface area contributed by atoms with Crippen molar-refractivity contribution < 1.29 is 19.1 Å². The van der Waals surface area contributed by atoms with E-state index in [2.05, 4.69) is 0 Å². The lowest BCUT2D eigenvalue weighted by Crippen LogP contribution is -2.01. The molecule has 2 aromatic rings. The first kappa shape index (κ1) is 16.3. The third kappa shape index (κ3) is 2.69. The number of methoxy groups -OCH3 is 1. The molecule has 0 radical (unpaired) electrons. The second kappa shape index (κ2) is 6.49. The number of allylic oxidation sites excluding steroid dienone is 1. The van der Waals surface area contributed by atoms with Crippen LogP contribution in [0, 0.1) is 0 Å². The second-order valence-corrected chi connectivity index (χ2v) is 5.64. The number of ether oxygens (including phenoxy) is 2. The molecular weight excluding hydrogens is 328 g/mol. The molecular formula is C19H15ClO4. The zero-order valence-electron chi connectivity index (χ0n) is 13.3.